The Balaban J connectivity index is 0.00000169. The number of hydrogen-bond donors (Lipinski definition) is 1. The van der Waals surface area contributed by atoms with Gasteiger partial charge in [-0.3, -0.25) is 14.4 Å². The van der Waals surface area contributed by atoms with Crippen molar-refractivity contribution in [2.24, 2.45) is 5.73 Å². The molecule has 3 rings (SSSR count). The smallest absolute Gasteiger partial charge is 0.276 e. The lowest BCUT2D eigenvalue weighted by Crippen LogP contribution is -2.48. The Labute approximate surface area is 164 Å². The van der Waals surface area contributed by atoms with Crippen LogP contribution in [0.5, 0.6) is 0 Å². The molecule has 0 unspecified atom stereocenters. The molecule has 2 N–H and O–H groups in total. The molecule has 7 nitrogen and oxygen atoms in total. The van der Waals surface area contributed by atoms with Gasteiger partial charge in [0.25, 0.3) is 5.91 Å². The van der Waals surface area contributed by atoms with Gasteiger partial charge in [-0.25, -0.2) is 4.39 Å². The van der Waals surface area contributed by atoms with Crippen molar-refractivity contribution in [2.75, 3.05) is 32.7 Å². The Hall–Kier alpha value is -1.74. The van der Waals surface area contributed by atoms with Crippen LogP contribution in [0.4, 0.5) is 4.39 Å². The second-order valence-electron chi connectivity index (χ2n) is 5.85. The van der Waals surface area contributed by atoms with Gasteiger partial charge in [0, 0.05) is 39.3 Å². The molecule has 26 heavy (non-hydrogen) atoms. The Morgan fingerprint density at radius 2 is 1.92 bits per heavy atom. The number of carbonyl (C=O) groups is 1. The first-order chi connectivity index (χ1) is 11.7. The maximum Gasteiger partial charge on any atom is 0.276 e. The molecule has 1 fully saturated rings. The van der Waals surface area contributed by atoms with Crippen LogP contribution in [0, 0.1) is 5.82 Å². The molecule has 0 atom stereocenters. The molecule has 1 aliphatic heterocycles. The zero-order valence-electron chi connectivity index (χ0n) is 14.3. The number of amides is 1. The molecule has 1 amide bonds. The number of hydrogen-bond acceptors (Lipinski definition) is 5. The number of aromatic nitrogens is 3. The second-order valence-corrected chi connectivity index (χ2v) is 5.85. The van der Waals surface area contributed by atoms with Gasteiger partial charge >= 0.3 is 0 Å². The van der Waals surface area contributed by atoms with Gasteiger partial charge in [0.2, 0.25) is 0 Å². The van der Waals surface area contributed by atoms with Crippen molar-refractivity contribution in [3.05, 3.63) is 47.5 Å². The van der Waals surface area contributed by atoms with E-state index in [1.165, 1.54) is 6.07 Å². The van der Waals surface area contributed by atoms with Crippen LogP contribution >= 0.6 is 24.8 Å². The van der Waals surface area contributed by atoms with Crippen LogP contribution in [-0.2, 0) is 13.1 Å². The third-order valence-electron chi connectivity index (χ3n) is 4.07. The Morgan fingerprint density at radius 3 is 2.58 bits per heavy atom. The van der Waals surface area contributed by atoms with Crippen molar-refractivity contribution < 1.29 is 9.18 Å². The first kappa shape index (κ1) is 22.3. The van der Waals surface area contributed by atoms with E-state index < -0.39 is 0 Å². The normalized spacial score (nSPS) is 14.5. The lowest BCUT2D eigenvalue weighted by Gasteiger charge is -2.34. The fraction of sp³-hybridized carbons (Fsp3) is 0.438. The van der Waals surface area contributed by atoms with Crippen LogP contribution in [0.3, 0.4) is 0 Å². The van der Waals surface area contributed by atoms with Crippen LogP contribution in [0.2, 0.25) is 0 Å². The number of nitrogens with two attached hydrogens (primary N) is 1. The Bertz CT molecular complexity index is 706. The molecule has 1 aromatic carbocycles. The number of benzene rings is 1. The van der Waals surface area contributed by atoms with Crippen LogP contribution in [0.25, 0.3) is 0 Å². The summed E-state index contributed by atoms with van der Waals surface area (Å²) in [7, 11) is 0. The van der Waals surface area contributed by atoms with E-state index >= 15 is 0 Å². The van der Waals surface area contributed by atoms with E-state index in [4.69, 9.17) is 5.73 Å². The molecule has 0 bridgehead atoms. The van der Waals surface area contributed by atoms with Gasteiger partial charge in [-0.2, -0.15) is 0 Å². The van der Waals surface area contributed by atoms with Crippen LogP contribution in [-0.4, -0.2) is 63.4 Å². The highest BCUT2D eigenvalue weighted by Crippen LogP contribution is 2.11. The van der Waals surface area contributed by atoms with Crippen LogP contribution in [0.15, 0.2) is 30.5 Å². The lowest BCUT2D eigenvalue weighted by molar-refractivity contribution is 0.0622. The zero-order valence-corrected chi connectivity index (χ0v) is 15.9. The predicted molar refractivity (Wildman–Crippen MR) is 101 cm³/mol. The molecule has 1 saturated heterocycles. The molecule has 0 radical (unpaired) electrons. The standard InChI is InChI=1S/C16H21FN6O.2ClH/c17-14-3-1-2-13(10-14)11-21-6-8-22(9-7-21)16(24)15-12-23(5-4-18)20-19-15;;/h1-3,10,12H,4-9,11,18H2;2*1H. The number of nitrogens with zero attached hydrogens (tertiary/aromatic N) is 5. The van der Waals surface area contributed by atoms with Crippen LogP contribution < -0.4 is 5.73 Å². The van der Waals surface area contributed by atoms with Gasteiger partial charge in [-0.1, -0.05) is 17.3 Å². The minimum Gasteiger partial charge on any atom is -0.335 e. The summed E-state index contributed by atoms with van der Waals surface area (Å²) in [6.07, 6.45) is 1.63. The summed E-state index contributed by atoms with van der Waals surface area (Å²) < 4.78 is 14.8. The molecule has 10 heteroatoms. The average molecular weight is 405 g/mol. The van der Waals surface area contributed by atoms with Crippen molar-refractivity contribution in [3.63, 3.8) is 0 Å². The van der Waals surface area contributed by atoms with Gasteiger partial charge in [0.15, 0.2) is 5.69 Å². The summed E-state index contributed by atoms with van der Waals surface area (Å²) in [5, 5.41) is 7.81. The highest BCUT2D eigenvalue weighted by molar-refractivity contribution is 5.92. The predicted octanol–water partition coefficient (Wildman–Crippen LogP) is 1.18. The number of halogens is 3. The molecule has 1 aromatic heterocycles. The second kappa shape index (κ2) is 10.4. The first-order valence-electron chi connectivity index (χ1n) is 8.02. The fourth-order valence-corrected chi connectivity index (χ4v) is 2.80. The van der Waals surface area contributed by atoms with E-state index in [0.717, 1.165) is 18.7 Å². The first-order valence-corrected chi connectivity index (χ1v) is 8.02. The highest BCUT2D eigenvalue weighted by Gasteiger charge is 2.24. The Morgan fingerprint density at radius 1 is 1.19 bits per heavy atom. The topological polar surface area (TPSA) is 80.3 Å². The van der Waals surface area contributed by atoms with Gasteiger partial charge in [-0.05, 0) is 17.7 Å². The molecular weight excluding hydrogens is 382 g/mol. The number of carbonyl (C=O) groups excluding carboxylic acids is 1. The summed E-state index contributed by atoms with van der Waals surface area (Å²) in [6, 6.07) is 6.62. The van der Waals surface area contributed by atoms with E-state index in [1.54, 1.807) is 27.9 Å². The van der Waals surface area contributed by atoms with E-state index in [2.05, 4.69) is 15.2 Å². The van der Waals surface area contributed by atoms with Crippen molar-refractivity contribution in [1.29, 1.82) is 0 Å². The van der Waals surface area contributed by atoms with Crippen molar-refractivity contribution >= 4 is 30.7 Å². The van der Waals surface area contributed by atoms with Gasteiger partial charge in [-0.15, -0.1) is 29.9 Å². The summed E-state index contributed by atoms with van der Waals surface area (Å²) in [4.78, 5) is 16.4. The van der Waals surface area contributed by atoms with Gasteiger partial charge in [0.05, 0.1) is 12.7 Å². The minimum atomic E-state index is -0.220. The summed E-state index contributed by atoms with van der Waals surface area (Å²) in [5.41, 5.74) is 6.76. The van der Waals surface area contributed by atoms with Crippen molar-refractivity contribution in [1.82, 2.24) is 24.8 Å². The highest BCUT2D eigenvalue weighted by atomic mass is 35.5. The summed E-state index contributed by atoms with van der Waals surface area (Å²) in [5.74, 6) is -0.328. The van der Waals surface area contributed by atoms with E-state index in [-0.39, 0.29) is 36.5 Å². The summed E-state index contributed by atoms with van der Waals surface area (Å²) >= 11 is 0. The minimum absolute atomic E-state index is 0. The number of piperazine rings is 1. The SMILES string of the molecule is Cl.Cl.NCCn1cc(C(=O)N2CCN(Cc3cccc(F)c3)CC2)nn1. The van der Waals surface area contributed by atoms with E-state index in [0.29, 0.717) is 38.4 Å². The largest absolute Gasteiger partial charge is 0.335 e. The van der Waals surface area contributed by atoms with Gasteiger partial charge < -0.3 is 10.6 Å². The Kier molecular flexibility index (Phi) is 8.94. The molecule has 1 aliphatic rings. The molecule has 0 saturated carbocycles. The molecule has 144 valence electrons. The quantitative estimate of drug-likeness (QED) is 0.808. The number of rotatable bonds is 5. The summed E-state index contributed by atoms with van der Waals surface area (Å²) in [6.45, 7) is 4.43. The van der Waals surface area contributed by atoms with E-state index in [1.807, 2.05) is 6.07 Å². The maximum atomic E-state index is 13.2. The van der Waals surface area contributed by atoms with Crippen molar-refractivity contribution in [2.45, 2.75) is 13.1 Å². The van der Waals surface area contributed by atoms with E-state index in [9.17, 15) is 9.18 Å². The third kappa shape index (κ3) is 5.63. The fourth-order valence-electron chi connectivity index (χ4n) is 2.80. The molecule has 0 aliphatic carbocycles. The molecular formula is C16H23Cl2FN6O. The molecule has 0 spiro atoms. The zero-order chi connectivity index (χ0) is 16.9. The van der Waals surface area contributed by atoms with Crippen molar-refractivity contribution in [3.8, 4) is 0 Å². The molecule has 2 aromatic rings. The van der Waals surface area contributed by atoms with Crippen LogP contribution in [0.1, 0.15) is 16.1 Å². The lowest BCUT2D eigenvalue weighted by atomic mass is 10.2. The average Bonchev–Trinajstić information content (AvgIpc) is 3.04. The monoisotopic (exact) mass is 404 g/mol. The van der Waals surface area contributed by atoms with Gasteiger partial charge in [0.1, 0.15) is 5.82 Å². The molecule has 2 heterocycles. The third-order valence-corrected chi connectivity index (χ3v) is 4.07. The maximum absolute atomic E-state index is 13.2.